The molecule has 1 aromatic carbocycles. The molecular formula is C18H17N3O4S. The predicted octanol–water partition coefficient (Wildman–Crippen LogP) is 1.42. The first kappa shape index (κ1) is 19.4. The number of thioether (sulfide) groups is 1. The molecule has 134 valence electrons. The molecular weight excluding hydrogens is 354 g/mol. The quantitative estimate of drug-likeness (QED) is 0.275. The topological polar surface area (TPSA) is 100 Å². The second-order valence-electron chi connectivity index (χ2n) is 5.67. The summed E-state index contributed by atoms with van der Waals surface area (Å²) in [6.07, 6.45) is 2.62. The van der Waals surface area contributed by atoms with Crippen LogP contribution in [-0.2, 0) is 14.3 Å². The summed E-state index contributed by atoms with van der Waals surface area (Å²) in [5, 5.41) is 20.2. The number of nitrogens with one attached hydrogen (secondary N) is 1. The minimum atomic E-state index is -1.04. The van der Waals surface area contributed by atoms with E-state index in [0.717, 1.165) is 29.0 Å². The Hall–Kier alpha value is -2.89. The predicted molar refractivity (Wildman–Crippen MR) is 100 cm³/mol. The van der Waals surface area contributed by atoms with Crippen LogP contribution in [0.1, 0.15) is 25.0 Å². The number of esters is 1. The van der Waals surface area contributed by atoms with Crippen LogP contribution in [0, 0.1) is 11.8 Å². The lowest BCUT2D eigenvalue weighted by Gasteiger charge is -2.05. The molecule has 1 aliphatic rings. The lowest BCUT2D eigenvalue weighted by molar-refractivity contribution is -0.135. The zero-order chi connectivity index (χ0) is 19.2. The molecule has 1 saturated heterocycles. The SMILES string of the molecule is COC(=O)/C=C1/S/C(=N\N=Cc2ccc(C#CC(C)(C)O)cc2)NC1=O. The Kier molecular flexibility index (Phi) is 6.33. The van der Waals surface area contributed by atoms with Gasteiger partial charge in [0.05, 0.1) is 18.2 Å². The number of ether oxygens (including phenoxy) is 1. The van der Waals surface area contributed by atoms with Gasteiger partial charge in [0.25, 0.3) is 5.91 Å². The molecule has 0 bridgehead atoms. The number of aliphatic hydroxyl groups is 1. The second kappa shape index (κ2) is 8.47. The third-order valence-corrected chi connectivity index (χ3v) is 3.78. The normalized spacial score (nSPS) is 17.3. The summed E-state index contributed by atoms with van der Waals surface area (Å²) in [5.74, 6) is 4.57. The highest BCUT2D eigenvalue weighted by molar-refractivity contribution is 8.18. The molecule has 0 aliphatic carbocycles. The van der Waals surface area contributed by atoms with Gasteiger partial charge in [-0.2, -0.15) is 5.10 Å². The summed E-state index contributed by atoms with van der Waals surface area (Å²) in [5.41, 5.74) is 0.524. The highest BCUT2D eigenvalue weighted by atomic mass is 32.2. The van der Waals surface area contributed by atoms with E-state index in [0.29, 0.717) is 0 Å². The van der Waals surface area contributed by atoms with E-state index in [9.17, 15) is 14.7 Å². The van der Waals surface area contributed by atoms with E-state index < -0.39 is 17.5 Å². The Balaban J connectivity index is 2.01. The molecule has 8 heteroatoms. The number of nitrogens with zero attached hydrogens (tertiary/aromatic N) is 2. The second-order valence-corrected chi connectivity index (χ2v) is 6.70. The lowest BCUT2D eigenvalue weighted by atomic mass is 10.1. The van der Waals surface area contributed by atoms with Crippen molar-refractivity contribution in [1.29, 1.82) is 0 Å². The molecule has 0 unspecified atom stereocenters. The third kappa shape index (κ3) is 6.20. The van der Waals surface area contributed by atoms with E-state index in [1.54, 1.807) is 38.1 Å². The van der Waals surface area contributed by atoms with Gasteiger partial charge in [-0.15, -0.1) is 5.10 Å². The highest BCUT2D eigenvalue weighted by Crippen LogP contribution is 2.23. The minimum absolute atomic E-state index is 0.195. The van der Waals surface area contributed by atoms with Crippen LogP contribution >= 0.6 is 11.8 Å². The summed E-state index contributed by atoms with van der Waals surface area (Å²) in [4.78, 5) is 23.0. The minimum Gasteiger partial charge on any atom is -0.466 e. The van der Waals surface area contributed by atoms with E-state index >= 15 is 0 Å². The number of hydrogen-bond donors (Lipinski definition) is 2. The molecule has 0 spiro atoms. The fourth-order valence-electron chi connectivity index (χ4n) is 1.67. The highest BCUT2D eigenvalue weighted by Gasteiger charge is 2.24. The van der Waals surface area contributed by atoms with Crippen LogP contribution in [0.4, 0.5) is 0 Å². The van der Waals surface area contributed by atoms with Gasteiger partial charge in [-0.3, -0.25) is 10.1 Å². The molecule has 1 heterocycles. The summed E-state index contributed by atoms with van der Waals surface area (Å²) in [7, 11) is 1.23. The molecule has 0 saturated carbocycles. The van der Waals surface area contributed by atoms with Gasteiger partial charge in [-0.1, -0.05) is 24.0 Å². The van der Waals surface area contributed by atoms with Gasteiger partial charge < -0.3 is 9.84 Å². The summed E-state index contributed by atoms with van der Waals surface area (Å²) < 4.78 is 4.48. The molecule has 1 amide bonds. The van der Waals surface area contributed by atoms with Crippen molar-refractivity contribution >= 4 is 35.0 Å². The summed E-state index contributed by atoms with van der Waals surface area (Å²) >= 11 is 1.00. The van der Waals surface area contributed by atoms with Crippen LogP contribution in [0.25, 0.3) is 0 Å². The maximum absolute atomic E-state index is 11.7. The molecule has 0 atom stereocenters. The Morgan fingerprint density at radius 2 is 2.04 bits per heavy atom. The van der Waals surface area contributed by atoms with Crippen LogP contribution in [-0.4, -0.2) is 41.1 Å². The van der Waals surface area contributed by atoms with Gasteiger partial charge in [-0.05, 0) is 43.3 Å². The Bertz CT molecular complexity index is 853. The van der Waals surface area contributed by atoms with Crippen LogP contribution in [0.3, 0.4) is 0 Å². The molecule has 2 N–H and O–H groups in total. The molecule has 26 heavy (non-hydrogen) atoms. The number of amides is 1. The number of rotatable bonds is 3. The molecule has 0 aromatic heterocycles. The van der Waals surface area contributed by atoms with E-state index in [1.165, 1.54) is 13.3 Å². The van der Waals surface area contributed by atoms with Crippen molar-refractivity contribution < 1.29 is 19.4 Å². The third-order valence-electron chi connectivity index (χ3n) is 2.88. The standard InChI is InChI=1S/C18H17N3O4S/c1-18(2,24)9-8-12-4-6-13(7-5-12)11-19-21-17-20-16(23)14(26-17)10-15(22)25-3/h4-7,10-11,24H,1-3H3,(H,20,21,23)/b14-10+,19-11?. The number of benzene rings is 1. The first-order chi connectivity index (χ1) is 12.3. The van der Waals surface area contributed by atoms with Gasteiger partial charge >= 0.3 is 5.97 Å². The fraction of sp³-hybridized carbons (Fsp3) is 0.222. The number of hydrogen-bond acceptors (Lipinski definition) is 7. The van der Waals surface area contributed by atoms with Crippen LogP contribution < -0.4 is 5.32 Å². The van der Waals surface area contributed by atoms with Gasteiger partial charge in [-0.25, -0.2) is 4.79 Å². The molecule has 1 aromatic rings. The molecule has 7 nitrogen and oxygen atoms in total. The summed E-state index contributed by atoms with van der Waals surface area (Å²) in [6.45, 7) is 3.23. The van der Waals surface area contributed by atoms with Crippen LogP contribution in [0.5, 0.6) is 0 Å². The van der Waals surface area contributed by atoms with Gasteiger partial charge in [0.15, 0.2) is 5.17 Å². The van der Waals surface area contributed by atoms with Crippen molar-refractivity contribution in [2.45, 2.75) is 19.4 Å². The zero-order valence-electron chi connectivity index (χ0n) is 14.4. The number of amidine groups is 1. The van der Waals surface area contributed by atoms with Crippen molar-refractivity contribution in [1.82, 2.24) is 5.32 Å². The zero-order valence-corrected chi connectivity index (χ0v) is 15.3. The molecule has 1 aliphatic heterocycles. The average Bonchev–Trinajstić information content (AvgIpc) is 2.93. The van der Waals surface area contributed by atoms with Crippen LogP contribution in [0.2, 0.25) is 0 Å². The number of carbonyl (C=O) groups excluding carboxylic acids is 2. The molecule has 2 rings (SSSR count). The lowest BCUT2D eigenvalue weighted by Crippen LogP contribution is -2.19. The van der Waals surface area contributed by atoms with Crippen LogP contribution in [0.15, 0.2) is 45.4 Å². The Labute approximate surface area is 155 Å². The molecule has 0 radical (unpaired) electrons. The molecule has 1 fully saturated rings. The Morgan fingerprint density at radius 3 is 2.65 bits per heavy atom. The van der Waals surface area contributed by atoms with Gasteiger partial charge in [0.1, 0.15) is 5.60 Å². The largest absolute Gasteiger partial charge is 0.466 e. The van der Waals surface area contributed by atoms with E-state index in [2.05, 4.69) is 32.1 Å². The maximum atomic E-state index is 11.7. The van der Waals surface area contributed by atoms with Crippen molar-refractivity contribution in [3.05, 3.63) is 46.4 Å². The van der Waals surface area contributed by atoms with E-state index in [4.69, 9.17) is 0 Å². The van der Waals surface area contributed by atoms with E-state index in [1.807, 2.05) is 0 Å². The van der Waals surface area contributed by atoms with E-state index in [-0.39, 0.29) is 10.1 Å². The van der Waals surface area contributed by atoms with Crippen molar-refractivity contribution in [3.8, 4) is 11.8 Å². The first-order valence-electron chi connectivity index (χ1n) is 7.52. The van der Waals surface area contributed by atoms with Gasteiger partial charge in [0.2, 0.25) is 0 Å². The fourth-order valence-corrected chi connectivity index (χ4v) is 2.41. The van der Waals surface area contributed by atoms with Gasteiger partial charge in [0, 0.05) is 11.6 Å². The van der Waals surface area contributed by atoms with Crippen molar-refractivity contribution in [2.24, 2.45) is 10.2 Å². The van der Waals surface area contributed by atoms with Crippen molar-refractivity contribution in [3.63, 3.8) is 0 Å². The first-order valence-corrected chi connectivity index (χ1v) is 8.34. The smallest absolute Gasteiger partial charge is 0.331 e. The Morgan fingerprint density at radius 1 is 1.35 bits per heavy atom. The number of carbonyl (C=O) groups is 2. The monoisotopic (exact) mass is 371 g/mol. The average molecular weight is 371 g/mol. The number of methoxy groups -OCH3 is 1. The maximum Gasteiger partial charge on any atom is 0.331 e. The summed E-state index contributed by atoms with van der Waals surface area (Å²) in [6, 6.07) is 7.22. The van der Waals surface area contributed by atoms with Crippen molar-refractivity contribution in [2.75, 3.05) is 7.11 Å².